The van der Waals surface area contributed by atoms with E-state index in [0.717, 1.165) is 39.9 Å². The number of aromatic nitrogens is 1. The van der Waals surface area contributed by atoms with Gasteiger partial charge in [0.2, 0.25) is 0 Å². The van der Waals surface area contributed by atoms with Crippen LogP contribution in [0, 0.1) is 0 Å². The molecule has 0 spiro atoms. The maximum Gasteiger partial charge on any atom is 0.150 e. The zero-order chi connectivity index (χ0) is 21.0. The fraction of sp³-hybridized carbons (Fsp3) is 0.0333. The molecule has 32 heavy (non-hydrogen) atoms. The first kappa shape index (κ1) is 21.1. The van der Waals surface area contributed by atoms with E-state index in [2.05, 4.69) is 71.7 Å². The molecule has 5 rings (SSSR count). The van der Waals surface area contributed by atoms with Crippen LogP contribution in [0.25, 0.3) is 44.8 Å². The predicted octanol–water partition coefficient (Wildman–Crippen LogP) is 8.13. The quantitative estimate of drug-likeness (QED) is 0.289. The zero-order valence-electron chi connectivity index (χ0n) is 17.0. The minimum absolute atomic E-state index is 0. The Hall–Kier alpha value is -4.17. The van der Waals surface area contributed by atoms with Crippen LogP contribution in [-0.2, 0) is 0 Å². The summed E-state index contributed by atoms with van der Waals surface area (Å²) >= 11 is 0. The highest BCUT2D eigenvalue weighted by Gasteiger charge is 2.15. The second-order valence-corrected chi connectivity index (χ2v) is 7.49. The van der Waals surface area contributed by atoms with Gasteiger partial charge in [-0.15, -0.1) is 0 Å². The van der Waals surface area contributed by atoms with Gasteiger partial charge in [-0.1, -0.05) is 111 Å². The third kappa shape index (κ3) is 4.03. The van der Waals surface area contributed by atoms with Gasteiger partial charge in [0, 0.05) is 22.4 Å². The Balaban J connectivity index is 0.00000245. The van der Waals surface area contributed by atoms with Gasteiger partial charge >= 0.3 is 0 Å². The highest BCUT2D eigenvalue weighted by molar-refractivity contribution is 5.90. The van der Waals surface area contributed by atoms with E-state index in [1.54, 1.807) is 0 Å². The average molecular weight is 416 g/mol. The Morgan fingerprint density at radius 3 is 1.81 bits per heavy atom. The standard InChI is InChI=1S/C29H21NO.CH4/c31-20-21-10-9-15-24(18-21)25-16-7-8-17-26(25)28-19-27(22-11-3-1-4-12-22)29(30-28)23-13-5-2-6-14-23;/h1-20,30H;1H4. The number of rotatable bonds is 5. The van der Waals surface area contributed by atoms with Crippen LogP contribution in [0.4, 0.5) is 0 Å². The molecule has 0 saturated carbocycles. The number of hydrogen-bond acceptors (Lipinski definition) is 1. The summed E-state index contributed by atoms with van der Waals surface area (Å²) in [7, 11) is 0. The number of aldehydes is 1. The van der Waals surface area contributed by atoms with Crippen LogP contribution in [0.5, 0.6) is 0 Å². The molecule has 0 fully saturated rings. The molecule has 0 amide bonds. The summed E-state index contributed by atoms with van der Waals surface area (Å²) in [5, 5.41) is 0. The van der Waals surface area contributed by atoms with E-state index in [1.165, 1.54) is 11.1 Å². The molecule has 5 aromatic rings. The Morgan fingerprint density at radius 1 is 0.531 bits per heavy atom. The number of nitrogens with one attached hydrogen (secondary N) is 1. The normalized spacial score (nSPS) is 10.4. The minimum Gasteiger partial charge on any atom is -0.354 e. The molecule has 4 aromatic carbocycles. The number of aromatic amines is 1. The number of carbonyl (C=O) groups is 1. The molecule has 0 aliphatic carbocycles. The fourth-order valence-electron chi connectivity index (χ4n) is 4.03. The second-order valence-electron chi connectivity index (χ2n) is 7.49. The van der Waals surface area contributed by atoms with Crippen LogP contribution >= 0.6 is 0 Å². The summed E-state index contributed by atoms with van der Waals surface area (Å²) in [6, 6.07) is 39.1. The molecule has 0 atom stereocenters. The van der Waals surface area contributed by atoms with Crippen molar-refractivity contribution < 1.29 is 4.79 Å². The van der Waals surface area contributed by atoms with Crippen molar-refractivity contribution in [2.24, 2.45) is 0 Å². The molecule has 0 aliphatic rings. The molecule has 0 bridgehead atoms. The number of benzene rings is 4. The molecular weight excluding hydrogens is 390 g/mol. The largest absolute Gasteiger partial charge is 0.354 e. The Morgan fingerprint density at radius 2 is 1.12 bits per heavy atom. The van der Waals surface area contributed by atoms with Gasteiger partial charge < -0.3 is 4.98 Å². The van der Waals surface area contributed by atoms with Crippen molar-refractivity contribution in [1.82, 2.24) is 4.98 Å². The molecule has 2 nitrogen and oxygen atoms in total. The topological polar surface area (TPSA) is 32.9 Å². The summed E-state index contributed by atoms with van der Waals surface area (Å²) in [6.07, 6.45) is 0.891. The highest BCUT2D eigenvalue weighted by Crippen LogP contribution is 2.39. The predicted molar refractivity (Wildman–Crippen MR) is 135 cm³/mol. The van der Waals surface area contributed by atoms with Crippen molar-refractivity contribution in [1.29, 1.82) is 0 Å². The first-order valence-electron chi connectivity index (χ1n) is 10.3. The van der Waals surface area contributed by atoms with Crippen molar-refractivity contribution in [2.75, 3.05) is 0 Å². The van der Waals surface area contributed by atoms with E-state index < -0.39 is 0 Å². The maximum atomic E-state index is 11.3. The van der Waals surface area contributed by atoms with Crippen LogP contribution < -0.4 is 0 Å². The Kier molecular flexibility index (Phi) is 6.14. The van der Waals surface area contributed by atoms with Gasteiger partial charge in [0.25, 0.3) is 0 Å². The van der Waals surface area contributed by atoms with Crippen molar-refractivity contribution in [3.05, 3.63) is 121 Å². The average Bonchev–Trinajstić information content (AvgIpc) is 3.31. The lowest BCUT2D eigenvalue weighted by atomic mass is 9.96. The van der Waals surface area contributed by atoms with Crippen LogP contribution in [0.1, 0.15) is 17.8 Å². The molecule has 1 heterocycles. The van der Waals surface area contributed by atoms with Crippen LogP contribution in [0.2, 0.25) is 0 Å². The van der Waals surface area contributed by atoms with E-state index in [9.17, 15) is 4.79 Å². The lowest BCUT2D eigenvalue weighted by Gasteiger charge is -2.09. The van der Waals surface area contributed by atoms with Gasteiger partial charge in [-0.3, -0.25) is 4.79 Å². The van der Waals surface area contributed by atoms with E-state index in [0.29, 0.717) is 5.56 Å². The number of H-pyrrole nitrogens is 1. The molecule has 156 valence electrons. The smallest absolute Gasteiger partial charge is 0.150 e. The molecular formula is C30H25NO. The van der Waals surface area contributed by atoms with Crippen LogP contribution in [0.3, 0.4) is 0 Å². The van der Waals surface area contributed by atoms with E-state index >= 15 is 0 Å². The van der Waals surface area contributed by atoms with Crippen LogP contribution in [0.15, 0.2) is 115 Å². The first-order valence-corrected chi connectivity index (χ1v) is 10.3. The molecule has 1 aromatic heterocycles. The Labute approximate surface area is 189 Å². The monoisotopic (exact) mass is 415 g/mol. The summed E-state index contributed by atoms with van der Waals surface area (Å²) in [5.41, 5.74) is 9.52. The highest BCUT2D eigenvalue weighted by atomic mass is 16.1. The maximum absolute atomic E-state index is 11.3. The number of hydrogen-bond donors (Lipinski definition) is 1. The van der Waals surface area contributed by atoms with E-state index in [4.69, 9.17) is 0 Å². The first-order chi connectivity index (χ1) is 15.3. The lowest BCUT2D eigenvalue weighted by molar-refractivity contribution is 0.112. The lowest BCUT2D eigenvalue weighted by Crippen LogP contribution is -1.87. The summed E-state index contributed by atoms with van der Waals surface area (Å²) in [5.74, 6) is 0. The molecule has 0 aliphatic heterocycles. The van der Waals surface area contributed by atoms with E-state index in [-0.39, 0.29) is 7.43 Å². The molecule has 0 radical (unpaired) electrons. The molecule has 1 N–H and O–H groups in total. The van der Waals surface area contributed by atoms with Crippen molar-refractivity contribution in [2.45, 2.75) is 7.43 Å². The second kappa shape index (κ2) is 9.32. The van der Waals surface area contributed by atoms with Crippen LogP contribution in [-0.4, -0.2) is 11.3 Å². The van der Waals surface area contributed by atoms with Gasteiger partial charge in [0.05, 0.1) is 5.69 Å². The minimum atomic E-state index is 0. The fourth-order valence-corrected chi connectivity index (χ4v) is 4.03. The van der Waals surface area contributed by atoms with Gasteiger partial charge in [0.1, 0.15) is 6.29 Å². The van der Waals surface area contributed by atoms with Gasteiger partial charge in [-0.2, -0.15) is 0 Å². The number of carbonyl (C=O) groups excluding carboxylic acids is 1. The third-order valence-corrected chi connectivity index (χ3v) is 5.52. The summed E-state index contributed by atoms with van der Waals surface area (Å²) in [6.45, 7) is 0. The van der Waals surface area contributed by atoms with Gasteiger partial charge in [0.15, 0.2) is 0 Å². The summed E-state index contributed by atoms with van der Waals surface area (Å²) in [4.78, 5) is 15.0. The van der Waals surface area contributed by atoms with Crippen molar-refractivity contribution in [3.63, 3.8) is 0 Å². The van der Waals surface area contributed by atoms with Gasteiger partial charge in [-0.05, 0) is 34.4 Å². The van der Waals surface area contributed by atoms with E-state index in [1.807, 2.05) is 48.5 Å². The molecule has 0 saturated heterocycles. The third-order valence-electron chi connectivity index (χ3n) is 5.52. The Bertz CT molecular complexity index is 1280. The molecule has 2 heteroatoms. The summed E-state index contributed by atoms with van der Waals surface area (Å²) < 4.78 is 0. The van der Waals surface area contributed by atoms with Crippen molar-refractivity contribution >= 4 is 6.29 Å². The SMILES string of the molecule is C.O=Cc1cccc(-c2ccccc2-c2cc(-c3ccccc3)c(-c3ccccc3)[nH]2)c1. The zero-order valence-corrected chi connectivity index (χ0v) is 17.0. The molecule has 0 unspecified atom stereocenters. The van der Waals surface area contributed by atoms with Gasteiger partial charge in [-0.25, -0.2) is 0 Å². The van der Waals surface area contributed by atoms with Crippen molar-refractivity contribution in [3.8, 4) is 44.8 Å².